The van der Waals surface area contributed by atoms with Gasteiger partial charge in [0, 0.05) is 6.42 Å². The number of aliphatic hydroxyl groups excluding tert-OH is 1. The van der Waals surface area contributed by atoms with E-state index in [0.29, 0.717) is 6.42 Å². The first-order chi connectivity index (χ1) is 6.86. The topological polar surface area (TPSA) is 37.3 Å². The third-order valence-electron chi connectivity index (χ3n) is 4.56. The monoisotopic (exact) mass is 208 g/mol. The van der Waals surface area contributed by atoms with Gasteiger partial charge in [-0.3, -0.25) is 4.79 Å². The molecule has 1 N–H and O–H groups in total. The predicted octanol–water partition coefficient (Wildman–Crippen LogP) is 2.32. The third kappa shape index (κ3) is 1.55. The van der Waals surface area contributed by atoms with Crippen LogP contribution in [0.25, 0.3) is 0 Å². The Hall–Kier alpha value is -0.630. The fourth-order valence-corrected chi connectivity index (χ4v) is 3.32. The Morgan fingerprint density at radius 1 is 1.40 bits per heavy atom. The van der Waals surface area contributed by atoms with Crippen LogP contribution in [0.4, 0.5) is 0 Å². The number of ketones is 1. The van der Waals surface area contributed by atoms with Gasteiger partial charge in [0.05, 0.1) is 6.10 Å². The number of rotatable bonds is 0. The molecule has 0 aliphatic heterocycles. The largest absolute Gasteiger partial charge is 0.393 e. The van der Waals surface area contributed by atoms with Crippen LogP contribution in [-0.4, -0.2) is 17.0 Å². The lowest BCUT2D eigenvalue weighted by molar-refractivity contribution is -0.126. The predicted molar refractivity (Wildman–Crippen MR) is 59.4 cm³/mol. The lowest BCUT2D eigenvalue weighted by Crippen LogP contribution is -2.51. The van der Waals surface area contributed by atoms with Crippen molar-refractivity contribution in [3.8, 4) is 0 Å². The van der Waals surface area contributed by atoms with Crippen LogP contribution in [0.2, 0.25) is 0 Å². The van der Waals surface area contributed by atoms with Gasteiger partial charge in [-0.15, -0.1) is 0 Å². The molecule has 2 aliphatic carbocycles. The summed E-state index contributed by atoms with van der Waals surface area (Å²) in [7, 11) is 0. The molecule has 2 nitrogen and oxygen atoms in total. The molecule has 0 aromatic carbocycles. The number of fused-ring (bicyclic) bond motifs is 1. The number of hydrogen-bond acceptors (Lipinski definition) is 2. The molecule has 0 bridgehead atoms. The van der Waals surface area contributed by atoms with Crippen LogP contribution in [0.15, 0.2) is 12.2 Å². The lowest BCUT2D eigenvalue weighted by atomic mass is 9.52. The van der Waals surface area contributed by atoms with E-state index >= 15 is 0 Å². The molecule has 84 valence electrons. The minimum absolute atomic E-state index is 0.108. The summed E-state index contributed by atoms with van der Waals surface area (Å²) in [5.74, 6) is 0.492. The fourth-order valence-electron chi connectivity index (χ4n) is 3.32. The van der Waals surface area contributed by atoms with Gasteiger partial charge in [0.2, 0.25) is 0 Å². The summed E-state index contributed by atoms with van der Waals surface area (Å²) in [5.41, 5.74) is -0.0376. The van der Waals surface area contributed by atoms with Crippen LogP contribution in [0.5, 0.6) is 0 Å². The van der Waals surface area contributed by atoms with Crippen molar-refractivity contribution in [1.29, 1.82) is 0 Å². The van der Waals surface area contributed by atoms with Crippen LogP contribution in [0, 0.1) is 16.7 Å². The first-order valence-corrected chi connectivity index (χ1v) is 5.76. The number of allylic oxidation sites excluding steroid dienone is 2. The van der Waals surface area contributed by atoms with Gasteiger partial charge in [-0.25, -0.2) is 0 Å². The summed E-state index contributed by atoms with van der Waals surface area (Å²) in [6.07, 6.45) is 5.96. The van der Waals surface area contributed by atoms with Crippen LogP contribution in [0.1, 0.15) is 40.0 Å². The Balaban J connectivity index is 2.39. The highest BCUT2D eigenvalue weighted by atomic mass is 16.3. The highest BCUT2D eigenvalue weighted by Crippen LogP contribution is 2.54. The molecule has 0 radical (unpaired) electrons. The van der Waals surface area contributed by atoms with E-state index < -0.39 is 0 Å². The van der Waals surface area contributed by atoms with Gasteiger partial charge in [0.1, 0.15) is 0 Å². The van der Waals surface area contributed by atoms with E-state index in [1.54, 1.807) is 6.08 Å². The van der Waals surface area contributed by atoms with Crippen LogP contribution in [0.3, 0.4) is 0 Å². The Labute approximate surface area is 91.4 Å². The molecule has 0 aromatic rings. The number of carbonyl (C=O) groups excluding carboxylic acids is 1. The molecule has 15 heavy (non-hydrogen) atoms. The Kier molecular flexibility index (Phi) is 2.30. The first-order valence-electron chi connectivity index (χ1n) is 5.76. The summed E-state index contributed by atoms with van der Waals surface area (Å²) in [6, 6.07) is 0. The lowest BCUT2D eigenvalue weighted by Gasteiger charge is -2.53. The molecule has 1 unspecified atom stereocenters. The molecule has 0 saturated heterocycles. The summed E-state index contributed by atoms with van der Waals surface area (Å²) >= 11 is 0. The van der Waals surface area contributed by atoms with Gasteiger partial charge < -0.3 is 5.11 Å². The zero-order valence-corrected chi connectivity index (χ0v) is 9.79. The first kappa shape index (κ1) is 10.9. The maximum atomic E-state index is 11.5. The van der Waals surface area contributed by atoms with E-state index in [1.807, 2.05) is 0 Å². The van der Waals surface area contributed by atoms with Gasteiger partial charge >= 0.3 is 0 Å². The molecular formula is C13H20O2. The third-order valence-corrected chi connectivity index (χ3v) is 4.56. The quantitative estimate of drug-likeness (QED) is 0.663. The minimum Gasteiger partial charge on any atom is -0.393 e. The molecular weight excluding hydrogens is 188 g/mol. The van der Waals surface area contributed by atoms with Crippen LogP contribution in [-0.2, 0) is 4.79 Å². The number of aliphatic hydroxyl groups is 1. The smallest absolute Gasteiger partial charge is 0.155 e. The van der Waals surface area contributed by atoms with Crippen molar-refractivity contribution in [3.63, 3.8) is 0 Å². The van der Waals surface area contributed by atoms with Crippen molar-refractivity contribution in [2.75, 3.05) is 0 Å². The van der Waals surface area contributed by atoms with E-state index in [0.717, 1.165) is 12.8 Å². The molecule has 0 aromatic heterocycles. The van der Waals surface area contributed by atoms with Crippen molar-refractivity contribution >= 4 is 5.78 Å². The molecule has 2 rings (SSSR count). The van der Waals surface area contributed by atoms with Gasteiger partial charge in [0.15, 0.2) is 5.78 Å². The van der Waals surface area contributed by atoms with Crippen LogP contribution < -0.4 is 0 Å². The highest BCUT2D eigenvalue weighted by molar-refractivity contribution is 5.91. The van der Waals surface area contributed by atoms with Crippen LogP contribution >= 0.6 is 0 Å². The van der Waals surface area contributed by atoms with Gasteiger partial charge in [-0.2, -0.15) is 0 Å². The average molecular weight is 208 g/mol. The molecule has 3 atom stereocenters. The second-order valence-corrected chi connectivity index (χ2v) is 5.94. The molecule has 1 fully saturated rings. The van der Waals surface area contributed by atoms with Gasteiger partial charge in [0.25, 0.3) is 0 Å². The number of hydrogen-bond donors (Lipinski definition) is 1. The van der Waals surface area contributed by atoms with Gasteiger partial charge in [-0.1, -0.05) is 26.8 Å². The van der Waals surface area contributed by atoms with E-state index in [4.69, 9.17) is 0 Å². The standard InChI is InChI=1S/C13H20O2/c1-12(2)10-8-9(14)4-6-13(10,3)7-5-11(12)15/h4,6,10-11,15H,5,7-8H2,1-3H3/t10-,11?,13+/m1/s1. The van der Waals surface area contributed by atoms with Gasteiger partial charge in [-0.05, 0) is 35.7 Å². The Morgan fingerprint density at radius 2 is 2.07 bits per heavy atom. The molecule has 1 saturated carbocycles. The SMILES string of the molecule is CC1(C)C(O)CC[C@]2(C)C=CC(=O)C[C@H]12. The second-order valence-electron chi connectivity index (χ2n) is 5.94. The maximum Gasteiger partial charge on any atom is 0.155 e. The van der Waals surface area contributed by atoms with Crippen molar-refractivity contribution in [1.82, 2.24) is 0 Å². The van der Waals surface area contributed by atoms with E-state index in [-0.39, 0.29) is 28.6 Å². The number of carbonyl (C=O) groups is 1. The summed E-state index contributed by atoms with van der Waals surface area (Å²) in [6.45, 7) is 6.40. The normalized spacial score (nSPS) is 43.9. The molecule has 0 heterocycles. The Bertz CT molecular complexity index is 316. The fraction of sp³-hybridized carbons (Fsp3) is 0.769. The zero-order valence-electron chi connectivity index (χ0n) is 9.79. The summed E-state index contributed by atoms with van der Waals surface area (Å²) < 4.78 is 0. The van der Waals surface area contributed by atoms with Crippen molar-refractivity contribution in [2.24, 2.45) is 16.7 Å². The van der Waals surface area contributed by atoms with Crippen molar-refractivity contribution in [2.45, 2.75) is 46.1 Å². The zero-order chi connectivity index (χ0) is 11.3. The van der Waals surface area contributed by atoms with Crippen molar-refractivity contribution < 1.29 is 9.90 Å². The summed E-state index contributed by atoms with van der Waals surface area (Å²) in [5, 5.41) is 10.0. The van der Waals surface area contributed by atoms with E-state index in [9.17, 15) is 9.90 Å². The van der Waals surface area contributed by atoms with Crippen molar-refractivity contribution in [3.05, 3.63) is 12.2 Å². The highest BCUT2D eigenvalue weighted by Gasteiger charge is 2.51. The molecule has 0 amide bonds. The molecule has 2 heteroatoms. The van der Waals surface area contributed by atoms with E-state index in [2.05, 4.69) is 26.8 Å². The average Bonchev–Trinajstić information content (AvgIpc) is 2.16. The molecule has 2 aliphatic rings. The molecule has 0 spiro atoms. The minimum atomic E-state index is -0.269. The second kappa shape index (κ2) is 3.18. The van der Waals surface area contributed by atoms with E-state index in [1.165, 1.54) is 0 Å². The Morgan fingerprint density at radius 3 is 2.73 bits per heavy atom. The maximum absolute atomic E-state index is 11.5. The summed E-state index contributed by atoms with van der Waals surface area (Å²) in [4.78, 5) is 11.5.